The molecule has 0 saturated carbocycles. The lowest BCUT2D eigenvalue weighted by Gasteiger charge is -2.17. The Morgan fingerprint density at radius 2 is 2.27 bits per heavy atom. The van der Waals surface area contributed by atoms with Crippen LogP contribution in [-0.2, 0) is 9.84 Å². The van der Waals surface area contributed by atoms with Crippen LogP contribution in [0.25, 0.3) is 0 Å². The summed E-state index contributed by atoms with van der Waals surface area (Å²) in [6, 6.07) is 1.12. The van der Waals surface area contributed by atoms with Gasteiger partial charge in [0.2, 0.25) is 0 Å². The first-order chi connectivity index (χ1) is 10.2. The summed E-state index contributed by atoms with van der Waals surface area (Å²) in [5, 5.41) is 22.4. The molecule has 3 N–H and O–H groups in total. The molecule has 0 radical (unpaired) electrons. The molecular formula is C11H14ClN5O4S. The van der Waals surface area contributed by atoms with E-state index in [4.69, 9.17) is 22.0 Å². The number of hydrogen-bond acceptors (Lipinski definition) is 7. The Labute approximate surface area is 132 Å². The predicted octanol–water partition coefficient (Wildman–Crippen LogP) is 0.484. The van der Waals surface area contributed by atoms with E-state index in [9.17, 15) is 13.2 Å². The summed E-state index contributed by atoms with van der Waals surface area (Å²) in [5.41, 5.74) is -0.0236. The third-order valence-corrected chi connectivity index (χ3v) is 3.77. The zero-order chi connectivity index (χ0) is 16.8. The number of anilines is 1. The highest BCUT2D eigenvalue weighted by Crippen LogP contribution is 2.12. The predicted molar refractivity (Wildman–Crippen MR) is 79.5 cm³/mol. The van der Waals surface area contributed by atoms with Crippen molar-refractivity contribution in [2.24, 2.45) is 0 Å². The fourth-order valence-electron chi connectivity index (χ4n) is 1.51. The van der Waals surface area contributed by atoms with E-state index < -0.39 is 22.0 Å². The van der Waals surface area contributed by atoms with E-state index in [2.05, 4.69) is 20.6 Å². The van der Waals surface area contributed by atoms with Gasteiger partial charge < -0.3 is 15.7 Å². The second kappa shape index (κ2) is 7.77. The SMILES string of the molecule is CS(=O)(=O)CCC(CNc1cnc(C#N)c(Cl)n1)NC(=O)O. The Balaban J connectivity index is 2.68. The Morgan fingerprint density at radius 3 is 2.77 bits per heavy atom. The number of nitriles is 1. The van der Waals surface area contributed by atoms with Crippen molar-refractivity contribution in [2.45, 2.75) is 12.5 Å². The van der Waals surface area contributed by atoms with Gasteiger partial charge in [-0.1, -0.05) is 11.6 Å². The van der Waals surface area contributed by atoms with Gasteiger partial charge in [-0.2, -0.15) is 5.26 Å². The summed E-state index contributed by atoms with van der Waals surface area (Å²) in [6.07, 6.45) is 1.20. The number of aromatic nitrogens is 2. The van der Waals surface area contributed by atoms with Crippen LogP contribution in [0.5, 0.6) is 0 Å². The highest BCUT2D eigenvalue weighted by Gasteiger charge is 2.15. The summed E-state index contributed by atoms with van der Waals surface area (Å²) in [6.45, 7) is 0.0960. The van der Waals surface area contributed by atoms with Gasteiger partial charge in [0, 0.05) is 12.8 Å². The lowest BCUT2D eigenvalue weighted by molar-refractivity contribution is 0.190. The van der Waals surface area contributed by atoms with Crippen molar-refractivity contribution in [3.63, 3.8) is 0 Å². The number of carboxylic acid groups (broad SMARTS) is 1. The maximum Gasteiger partial charge on any atom is 0.404 e. The Morgan fingerprint density at radius 1 is 1.59 bits per heavy atom. The van der Waals surface area contributed by atoms with Crippen molar-refractivity contribution in [3.8, 4) is 6.07 Å². The number of rotatable bonds is 7. The number of carbonyl (C=O) groups is 1. The van der Waals surface area contributed by atoms with Crippen LogP contribution in [0.4, 0.5) is 10.6 Å². The summed E-state index contributed by atoms with van der Waals surface area (Å²) >= 11 is 5.73. The number of sulfone groups is 1. The summed E-state index contributed by atoms with van der Waals surface area (Å²) in [4.78, 5) is 18.4. The molecule has 1 heterocycles. The Hall–Kier alpha value is -2.12. The third-order valence-electron chi connectivity index (χ3n) is 2.53. The van der Waals surface area contributed by atoms with Gasteiger partial charge in [-0.15, -0.1) is 0 Å². The first-order valence-electron chi connectivity index (χ1n) is 6.05. The van der Waals surface area contributed by atoms with E-state index in [1.54, 1.807) is 6.07 Å². The van der Waals surface area contributed by atoms with Crippen molar-refractivity contribution < 1.29 is 18.3 Å². The largest absolute Gasteiger partial charge is 0.465 e. The maximum atomic E-state index is 11.1. The number of nitrogens with one attached hydrogen (secondary N) is 2. The zero-order valence-corrected chi connectivity index (χ0v) is 13.1. The number of amides is 1. The molecule has 1 rings (SSSR count). The van der Waals surface area contributed by atoms with Crippen molar-refractivity contribution in [1.82, 2.24) is 15.3 Å². The molecule has 120 valence electrons. The van der Waals surface area contributed by atoms with Crippen LogP contribution in [0.15, 0.2) is 6.20 Å². The minimum Gasteiger partial charge on any atom is -0.465 e. The normalized spacial score (nSPS) is 12.2. The highest BCUT2D eigenvalue weighted by atomic mass is 35.5. The van der Waals surface area contributed by atoms with Gasteiger partial charge in [-0.05, 0) is 6.42 Å². The minimum absolute atomic E-state index is 0.0236. The van der Waals surface area contributed by atoms with Crippen LogP contribution in [-0.4, -0.2) is 54.2 Å². The number of nitrogens with zero attached hydrogens (tertiary/aromatic N) is 3. The van der Waals surface area contributed by atoms with Crippen molar-refractivity contribution in [3.05, 3.63) is 17.0 Å². The Kier molecular flexibility index (Phi) is 6.33. The molecule has 1 amide bonds. The molecule has 0 aliphatic heterocycles. The van der Waals surface area contributed by atoms with Crippen LogP contribution < -0.4 is 10.6 Å². The van der Waals surface area contributed by atoms with Crippen LogP contribution in [0.1, 0.15) is 12.1 Å². The number of halogens is 1. The van der Waals surface area contributed by atoms with Crippen LogP contribution in [0, 0.1) is 11.3 Å². The molecule has 0 spiro atoms. The van der Waals surface area contributed by atoms with Crippen LogP contribution in [0.3, 0.4) is 0 Å². The molecule has 0 aromatic carbocycles. The molecule has 0 aliphatic carbocycles. The lowest BCUT2D eigenvalue weighted by Crippen LogP contribution is -2.40. The molecule has 1 atom stereocenters. The maximum absolute atomic E-state index is 11.1. The molecule has 0 aliphatic rings. The van der Waals surface area contributed by atoms with Gasteiger partial charge in [0.05, 0.1) is 18.0 Å². The van der Waals surface area contributed by atoms with Crippen molar-refractivity contribution in [1.29, 1.82) is 5.26 Å². The lowest BCUT2D eigenvalue weighted by atomic mass is 10.2. The summed E-state index contributed by atoms with van der Waals surface area (Å²) < 4.78 is 22.3. The van der Waals surface area contributed by atoms with Gasteiger partial charge in [0.1, 0.15) is 21.7 Å². The van der Waals surface area contributed by atoms with Crippen LogP contribution >= 0.6 is 11.6 Å². The van der Waals surface area contributed by atoms with Crippen molar-refractivity contribution >= 4 is 33.3 Å². The molecule has 11 heteroatoms. The molecule has 1 unspecified atom stereocenters. The second-order valence-corrected chi connectivity index (χ2v) is 7.07. The summed E-state index contributed by atoms with van der Waals surface area (Å²) in [5.74, 6) is 0.0972. The molecule has 1 aromatic heterocycles. The van der Waals surface area contributed by atoms with Gasteiger partial charge in [-0.3, -0.25) is 0 Å². The van der Waals surface area contributed by atoms with E-state index in [0.717, 1.165) is 6.26 Å². The fourth-order valence-corrected chi connectivity index (χ4v) is 2.41. The molecular weight excluding hydrogens is 334 g/mol. The van der Waals surface area contributed by atoms with E-state index in [0.29, 0.717) is 0 Å². The van der Waals surface area contributed by atoms with Gasteiger partial charge in [-0.25, -0.2) is 23.2 Å². The first kappa shape index (κ1) is 17.9. The third kappa shape index (κ3) is 6.55. The average molecular weight is 348 g/mol. The van der Waals surface area contributed by atoms with E-state index in [-0.39, 0.29) is 35.4 Å². The highest BCUT2D eigenvalue weighted by molar-refractivity contribution is 7.90. The van der Waals surface area contributed by atoms with Crippen LogP contribution in [0.2, 0.25) is 5.15 Å². The zero-order valence-electron chi connectivity index (χ0n) is 11.6. The molecule has 0 fully saturated rings. The second-order valence-electron chi connectivity index (χ2n) is 4.45. The average Bonchev–Trinajstić information content (AvgIpc) is 2.40. The number of hydrogen-bond donors (Lipinski definition) is 3. The van der Waals surface area contributed by atoms with Gasteiger partial charge in [0.25, 0.3) is 0 Å². The quantitative estimate of drug-likeness (QED) is 0.645. The van der Waals surface area contributed by atoms with Gasteiger partial charge >= 0.3 is 6.09 Å². The topological polar surface area (TPSA) is 145 Å². The minimum atomic E-state index is -3.20. The Bertz CT molecular complexity index is 688. The van der Waals surface area contributed by atoms with Crippen molar-refractivity contribution in [2.75, 3.05) is 23.9 Å². The molecule has 9 nitrogen and oxygen atoms in total. The van der Waals surface area contributed by atoms with Gasteiger partial charge in [0.15, 0.2) is 10.8 Å². The van der Waals surface area contributed by atoms with E-state index in [1.165, 1.54) is 6.20 Å². The summed E-state index contributed by atoms with van der Waals surface area (Å²) in [7, 11) is -3.20. The fraction of sp³-hybridized carbons (Fsp3) is 0.455. The standard InChI is InChI=1S/C11H14ClN5O4S/c1-22(20,21)3-2-7(16-11(18)19)5-15-9-6-14-8(4-13)10(12)17-9/h6-7,16H,2-3,5H2,1H3,(H,15,17)(H,18,19). The monoisotopic (exact) mass is 347 g/mol. The van der Waals surface area contributed by atoms with E-state index in [1.807, 2.05) is 0 Å². The molecule has 0 bridgehead atoms. The molecule has 22 heavy (non-hydrogen) atoms. The molecule has 0 saturated heterocycles. The molecule has 1 aromatic rings. The first-order valence-corrected chi connectivity index (χ1v) is 8.49. The van der Waals surface area contributed by atoms with E-state index >= 15 is 0 Å². The smallest absolute Gasteiger partial charge is 0.404 e.